The van der Waals surface area contributed by atoms with Crippen molar-refractivity contribution in [3.63, 3.8) is 0 Å². The molecule has 0 amide bonds. The van der Waals surface area contributed by atoms with Gasteiger partial charge in [0.1, 0.15) is 11.8 Å². The fourth-order valence-electron chi connectivity index (χ4n) is 2.22. The van der Waals surface area contributed by atoms with Crippen LogP contribution in [0.25, 0.3) is 0 Å². The molecule has 1 aromatic carbocycles. The molecule has 1 N–H and O–H groups in total. The Morgan fingerprint density at radius 2 is 1.76 bits per heavy atom. The van der Waals surface area contributed by atoms with Gasteiger partial charge in [-0.25, -0.2) is 0 Å². The largest absolute Gasteiger partial charge is 0.497 e. The van der Waals surface area contributed by atoms with Crippen LogP contribution in [0.1, 0.15) is 32.8 Å². The highest BCUT2D eigenvalue weighted by Crippen LogP contribution is 2.14. The molecule has 0 aliphatic heterocycles. The Morgan fingerprint density at radius 1 is 1.14 bits per heavy atom. The summed E-state index contributed by atoms with van der Waals surface area (Å²) in [6.45, 7) is 6.14. The third kappa shape index (κ3) is 5.76. The molecule has 21 heavy (non-hydrogen) atoms. The maximum atomic E-state index is 11.7. The van der Waals surface area contributed by atoms with E-state index in [1.54, 1.807) is 7.11 Å². The molecular formula is C17H27NO3. The fourth-order valence-corrected chi connectivity index (χ4v) is 2.22. The molecule has 0 aromatic heterocycles. The minimum Gasteiger partial charge on any atom is -0.497 e. The number of benzene rings is 1. The second kappa shape index (κ2) is 8.67. The van der Waals surface area contributed by atoms with Gasteiger partial charge in [-0.3, -0.25) is 4.79 Å². The summed E-state index contributed by atoms with van der Waals surface area (Å²) in [5.41, 5.74) is 1.27. The van der Waals surface area contributed by atoms with Gasteiger partial charge in [0.2, 0.25) is 0 Å². The van der Waals surface area contributed by atoms with Crippen molar-refractivity contribution in [3.8, 4) is 5.75 Å². The first-order valence-electron chi connectivity index (χ1n) is 7.44. The number of hydrogen-bond donors (Lipinski definition) is 1. The molecule has 4 nitrogen and oxygen atoms in total. The zero-order chi connectivity index (χ0) is 15.8. The first-order valence-corrected chi connectivity index (χ1v) is 7.44. The lowest BCUT2D eigenvalue weighted by atomic mass is 10.0. The van der Waals surface area contributed by atoms with Crippen molar-refractivity contribution in [2.24, 2.45) is 5.92 Å². The van der Waals surface area contributed by atoms with Crippen molar-refractivity contribution in [1.29, 1.82) is 0 Å². The lowest BCUT2D eigenvalue weighted by Crippen LogP contribution is -2.46. The van der Waals surface area contributed by atoms with E-state index < -0.39 is 0 Å². The Hall–Kier alpha value is -1.55. The molecule has 2 unspecified atom stereocenters. The van der Waals surface area contributed by atoms with Gasteiger partial charge in [0.15, 0.2) is 0 Å². The number of methoxy groups -OCH3 is 2. The molecule has 0 heterocycles. The number of esters is 1. The summed E-state index contributed by atoms with van der Waals surface area (Å²) in [5, 5.41) is 3.36. The highest BCUT2D eigenvalue weighted by molar-refractivity contribution is 5.75. The van der Waals surface area contributed by atoms with E-state index in [0.29, 0.717) is 0 Å². The van der Waals surface area contributed by atoms with E-state index in [-0.39, 0.29) is 24.0 Å². The van der Waals surface area contributed by atoms with Crippen LogP contribution >= 0.6 is 0 Å². The van der Waals surface area contributed by atoms with Crippen molar-refractivity contribution < 1.29 is 14.3 Å². The molecule has 0 radical (unpaired) electrons. The number of carbonyl (C=O) groups excluding carboxylic acids is 1. The topological polar surface area (TPSA) is 47.6 Å². The third-order valence-corrected chi connectivity index (χ3v) is 3.61. The SMILES string of the molecule is COC(=O)C(NC(C)CCc1ccc(OC)cc1)C(C)C. The summed E-state index contributed by atoms with van der Waals surface area (Å²) in [5.74, 6) is 0.887. The van der Waals surface area contributed by atoms with Gasteiger partial charge < -0.3 is 14.8 Å². The van der Waals surface area contributed by atoms with Crippen molar-refractivity contribution >= 4 is 5.97 Å². The molecule has 0 aliphatic rings. The number of carbonyl (C=O) groups is 1. The molecular weight excluding hydrogens is 266 g/mol. The van der Waals surface area contributed by atoms with Crippen LogP contribution in [0.4, 0.5) is 0 Å². The highest BCUT2D eigenvalue weighted by atomic mass is 16.5. The monoisotopic (exact) mass is 293 g/mol. The Bertz CT molecular complexity index is 428. The molecule has 0 saturated heterocycles. The summed E-state index contributed by atoms with van der Waals surface area (Å²) in [4.78, 5) is 11.7. The van der Waals surface area contributed by atoms with Crippen molar-refractivity contribution in [1.82, 2.24) is 5.32 Å². The van der Waals surface area contributed by atoms with E-state index >= 15 is 0 Å². The molecule has 0 saturated carbocycles. The van der Waals surface area contributed by atoms with Crippen LogP contribution in [0.2, 0.25) is 0 Å². The lowest BCUT2D eigenvalue weighted by Gasteiger charge is -2.24. The predicted octanol–water partition coefficient (Wildman–Crippen LogP) is 2.80. The second-order valence-corrected chi connectivity index (χ2v) is 5.70. The Balaban J connectivity index is 2.48. The van der Waals surface area contributed by atoms with E-state index in [2.05, 4.69) is 24.4 Å². The van der Waals surface area contributed by atoms with Crippen LogP contribution in [-0.4, -0.2) is 32.3 Å². The van der Waals surface area contributed by atoms with Crippen LogP contribution in [0.3, 0.4) is 0 Å². The van der Waals surface area contributed by atoms with Crippen LogP contribution in [0, 0.1) is 5.92 Å². The minimum absolute atomic E-state index is 0.193. The van der Waals surface area contributed by atoms with E-state index in [9.17, 15) is 4.79 Å². The van der Waals surface area contributed by atoms with E-state index in [1.807, 2.05) is 26.0 Å². The number of aryl methyl sites for hydroxylation is 1. The van der Waals surface area contributed by atoms with Crippen LogP contribution in [0.15, 0.2) is 24.3 Å². The fraction of sp³-hybridized carbons (Fsp3) is 0.588. The van der Waals surface area contributed by atoms with Crippen LogP contribution in [-0.2, 0) is 16.0 Å². The highest BCUT2D eigenvalue weighted by Gasteiger charge is 2.24. The molecule has 118 valence electrons. The quantitative estimate of drug-likeness (QED) is 0.749. The van der Waals surface area contributed by atoms with Crippen molar-refractivity contribution in [2.45, 2.75) is 45.7 Å². The number of rotatable bonds is 8. The average molecular weight is 293 g/mol. The number of nitrogens with one attached hydrogen (secondary N) is 1. The lowest BCUT2D eigenvalue weighted by molar-refractivity contribution is -0.144. The van der Waals surface area contributed by atoms with E-state index in [1.165, 1.54) is 12.7 Å². The standard InChI is InChI=1S/C17H27NO3/c1-12(2)16(17(19)21-5)18-13(3)6-7-14-8-10-15(20-4)11-9-14/h8-13,16,18H,6-7H2,1-5H3. The molecule has 1 rings (SSSR count). The summed E-state index contributed by atoms with van der Waals surface area (Å²) in [6, 6.07) is 8.09. The summed E-state index contributed by atoms with van der Waals surface area (Å²) < 4.78 is 10.00. The summed E-state index contributed by atoms with van der Waals surface area (Å²) >= 11 is 0. The van der Waals surface area contributed by atoms with E-state index in [0.717, 1.165) is 18.6 Å². The van der Waals surface area contributed by atoms with Crippen molar-refractivity contribution in [3.05, 3.63) is 29.8 Å². The minimum atomic E-state index is -0.249. The molecule has 2 atom stereocenters. The first kappa shape index (κ1) is 17.5. The zero-order valence-corrected chi connectivity index (χ0v) is 13.7. The maximum absolute atomic E-state index is 11.7. The number of hydrogen-bond acceptors (Lipinski definition) is 4. The third-order valence-electron chi connectivity index (χ3n) is 3.61. The molecule has 0 fully saturated rings. The molecule has 0 aliphatic carbocycles. The maximum Gasteiger partial charge on any atom is 0.323 e. The molecule has 0 bridgehead atoms. The normalized spacial score (nSPS) is 13.8. The van der Waals surface area contributed by atoms with Gasteiger partial charge in [-0.05, 0) is 43.4 Å². The van der Waals surface area contributed by atoms with Gasteiger partial charge in [-0.1, -0.05) is 26.0 Å². The van der Waals surface area contributed by atoms with Gasteiger partial charge in [0.05, 0.1) is 14.2 Å². The average Bonchev–Trinajstić information content (AvgIpc) is 2.50. The zero-order valence-electron chi connectivity index (χ0n) is 13.7. The Labute approximate surface area is 127 Å². The predicted molar refractivity (Wildman–Crippen MR) is 84.6 cm³/mol. The molecule has 0 spiro atoms. The van der Waals surface area contributed by atoms with Crippen LogP contribution in [0.5, 0.6) is 5.75 Å². The number of ether oxygens (including phenoxy) is 2. The van der Waals surface area contributed by atoms with Crippen molar-refractivity contribution in [2.75, 3.05) is 14.2 Å². The van der Waals surface area contributed by atoms with Gasteiger partial charge in [-0.15, -0.1) is 0 Å². The molecule has 4 heteroatoms. The smallest absolute Gasteiger partial charge is 0.323 e. The Kier molecular flexibility index (Phi) is 7.23. The second-order valence-electron chi connectivity index (χ2n) is 5.70. The Morgan fingerprint density at radius 3 is 2.24 bits per heavy atom. The summed E-state index contributed by atoms with van der Waals surface area (Å²) in [7, 11) is 3.10. The van der Waals surface area contributed by atoms with Crippen LogP contribution < -0.4 is 10.1 Å². The molecule has 1 aromatic rings. The van der Waals surface area contributed by atoms with Gasteiger partial charge in [0.25, 0.3) is 0 Å². The van der Waals surface area contributed by atoms with Gasteiger partial charge in [0, 0.05) is 6.04 Å². The van der Waals surface area contributed by atoms with Gasteiger partial charge >= 0.3 is 5.97 Å². The van der Waals surface area contributed by atoms with E-state index in [4.69, 9.17) is 9.47 Å². The first-order chi connectivity index (χ1) is 9.97. The van der Waals surface area contributed by atoms with Gasteiger partial charge in [-0.2, -0.15) is 0 Å². The summed E-state index contributed by atoms with van der Waals surface area (Å²) in [6.07, 6.45) is 1.93.